The Balaban J connectivity index is 1.06. The molecule has 0 amide bonds. The molecule has 5 rings (SSSR count). The van der Waals surface area contributed by atoms with Crippen molar-refractivity contribution in [3.8, 4) is 17.9 Å². The van der Waals surface area contributed by atoms with E-state index in [-0.39, 0.29) is 24.7 Å². The fraction of sp³-hybridized carbons (Fsp3) is 0.667. The van der Waals surface area contributed by atoms with Crippen molar-refractivity contribution >= 4 is 19.2 Å². The average molecular weight is 841 g/mol. The Morgan fingerprint density at radius 2 is 1.61 bits per heavy atom. The van der Waals surface area contributed by atoms with Crippen LogP contribution in [-0.2, 0) is 34.4 Å². The first kappa shape index (κ1) is 46.4. The van der Waals surface area contributed by atoms with Crippen LogP contribution in [0.1, 0.15) is 133 Å². The Hall–Kier alpha value is -3.67. The van der Waals surface area contributed by atoms with E-state index in [1.807, 2.05) is 6.07 Å². The number of phosphoric ester groups is 1. The van der Waals surface area contributed by atoms with Crippen LogP contribution < -0.4 is 10.5 Å². The Morgan fingerprint density at radius 3 is 2.20 bits per heavy atom. The Morgan fingerprint density at radius 1 is 0.966 bits per heavy atom. The SMILES string of the molecule is CCCCCCCCCCCCCCCCCCOC[C@H](COP(=O)(O)OC1[C@@]2(C#N)O[C@@H](c3ccc4c(N)ncnn34)[C@H](O)[C@@]12O)OCc1ccc(OC)c(C#N)c1. The third-order valence-corrected chi connectivity index (χ3v) is 12.2. The van der Waals surface area contributed by atoms with Crippen LogP contribution >= 0.6 is 7.82 Å². The van der Waals surface area contributed by atoms with Gasteiger partial charge in [-0.15, -0.1) is 0 Å². The summed E-state index contributed by atoms with van der Waals surface area (Å²) in [5, 5.41) is 46.4. The van der Waals surface area contributed by atoms with Crippen molar-refractivity contribution in [1.29, 1.82) is 10.5 Å². The number of methoxy groups -OCH3 is 1. The number of nitriles is 2. The quantitative estimate of drug-likeness (QED) is 0.0407. The first-order valence-electron chi connectivity index (χ1n) is 21.0. The zero-order valence-electron chi connectivity index (χ0n) is 34.4. The van der Waals surface area contributed by atoms with Gasteiger partial charge in [0.15, 0.2) is 17.5 Å². The topological polar surface area (TPSA) is 237 Å². The normalized spacial score (nSPS) is 23.7. The van der Waals surface area contributed by atoms with Gasteiger partial charge in [-0.25, -0.2) is 14.1 Å². The minimum atomic E-state index is -4.98. The molecule has 2 aliphatic rings. The van der Waals surface area contributed by atoms with Gasteiger partial charge in [0.1, 0.15) is 48.0 Å². The van der Waals surface area contributed by atoms with E-state index >= 15 is 0 Å². The summed E-state index contributed by atoms with van der Waals surface area (Å²) in [7, 11) is -3.51. The molecule has 2 unspecified atom stereocenters. The molecule has 3 heterocycles. The number of anilines is 1. The van der Waals surface area contributed by atoms with Crippen LogP contribution in [0.2, 0.25) is 0 Å². The highest BCUT2D eigenvalue weighted by atomic mass is 31.2. The van der Waals surface area contributed by atoms with Gasteiger partial charge in [0, 0.05) is 6.61 Å². The Kier molecular flexibility index (Phi) is 17.5. The van der Waals surface area contributed by atoms with E-state index in [1.165, 1.54) is 101 Å². The van der Waals surface area contributed by atoms with Crippen molar-refractivity contribution < 1.29 is 47.7 Å². The van der Waals surface area contributed by atoms with E-state index in [2.05, 4.69) is 23.1 Å². The Bertz CT molecular complexity index is 1920. The van der Waals surface area contributed by atoms with Crippen molar-refractivity contribution in [2.24, 2.45) is 0 Å². The molecule has 0 spiro atoms. The van der Waals surface area contributed by atoms with Crippen molar-refractivity contribution in [2.45, 2.75) is 152 Å². The predicted molar refractivity (Wildman–Crippen MR) is 218 cm³/mol. The highest BCUT2D eigenvalue weighted by Crippen LogP contribution is 2.68. The number of fused-ring (bicyclic) bond motifs is 2. The lowest BCUT2D eigenvalue weighted by Gasteiger charge is -2.24. The lowest BCUT2D eigenvalue weighted by molar-refractivity contribution is -0.0795. The summed E-state index contributed by atoms with van der Waals surface area (Å²) < 4.78 is 48.3. The van der Waals surface area contributed by atoms with Gasteiger partial charge in [-0.3, -0.25) is 9.05 Å². The second-order valence-corrected chi connectivity index (χ2v) is 17.0. The number of hydrogen-bond donors (Lipinski definition) is 4. The van der Waals surface area contributed by atoms with Gasteiger partial charge in [0.25, 0.3) is 0 Å². The molecule has 2 fully saturated rings. The van der Waals surface area contributed by atoms with E-state index in [9.17, 15) is 30.2 Å². The standard InChI is InChI=1S/C42H61N6O10P/c1-3-4-5-6-7-8-9-10-11-12-13-14-15-16-17-18-23-54-27-33(55-26-31-19-22-36(53-2)32(24-31)25-43)28-56-59(51,52)58-40-41(29-44)42(40,50)38(49)37(57-41)34-20-21-35-39(45)46-30-47-48(34)35/h19-22,24,30,33,37-38,40,49-50H,3-18,23,26-28H2,1-2H3,(H,51,52)(H2,45,46,47)/t33-,37+,38+,40?,41-,42-/m1/s1. The summed E-state index contributed by atoms with van der Waals surface area (Å²) >= 11 is 0. The van der Waals surface area contributed by atoms with Gasteiger partial charge in [-0.1, -0.05) is 109 Å². The summed E-state index contributed by atoms with van der Waals surface area (Å²) in [5.74, 6) is 0.584. The number of nitrogens with two attached hydrogens (primary N) is 1. The first-order valence-corrected chi connectivity index (χ1v) is 22.5. The Labute approximate surface area is 347 Å². The van der Waals surface area contributed by atoms with Gasteiger partial charge < -0.3 is 39.8 Å². The second kappa shape index (κ2) is 22.3. The zero-order chi connectivity index (χ0) is 42.3. The van der Waals surface area contributed by atoms with Gasteiger partial charge in [0.2, 0.25) is 5.60 Å². The monoisotopic (exact) mass is 840 g/mol. The molecule has 5 N–H and O–H groups in total. The summed E-state index contributed by atoms with van der Waals surface area (Å²) in [5.41, 5.74) is 3.04. The molecule has 1 aliphatic carbocycles. The number of nitrogens with zero attached hydrogens (tertiary/aromatic N) is 5. The molecule has 1 aliphatic heterocycles. The lowest BCUT2D eigenvalue weighted by Crippen LogP contribution is -2.35. The van der Waals surface area contributed by atoms with Gasteiger partial charge >= 0.3 is 7.82 Å². The van der Waals surface area contributed by atoms with Crippen molar-refractivity contribution in [2.75, 3.05) is 32.7 Å². The predicted octanol–water partition coefficient (Wildman–Crippen LogP) is 7.00. The fourth-order valence-corrected chi connectivity index (χ4v) is 8.78. The number of ether oxygens (including phenoxy) is 4. The molecule has 1 saturated carbocycles. The fourth-order valence-electron chi connectivity index (χ4n) is 7.79. The van der Waals surface area contributed by atoms with Crippen LogP contribution in [0.4, 0.5) is 5.82 Å². The number of unbranched alkanes of at least 4 members (excludes halogenated alkanes) is 15. The average Bonchev–Trinajstić information content (AvgIpc) is 3.46. The molecule has 17 heteroatoms. The molecule has 324 valence electrons. The van der Waals surface area contributed by atoms with Gasteiger partial charge in [0.05, 0.1) is 38.2 Å². The molecule has 16 nitrogen and oxygen atoms in total. The molecule has 3 aromatic rings. The first-order chi connectivity index (χ1) is 28.5. The number of aromatic nitrogens is 3. The summed E-state index contributed by atoms with van der Waals surface area (Å²) in [6.45, 7) is 2.31. The van der Waals surface area contributed by atoms with Crippen LogP contribution in [-0.4, -0.2) is 86.1 Å². The molecule has 0 bridgehead atoms. The van der Waals surface area contributed by atoms with E-state index in [4.69, 9.17) is 33.7 Å². The van der Waals surface area contributed by atoms with E-state index in [1.54, 1.807) is 30.3 Å². The van der Waals surface area contributed by atoms with Gasteiger partial charge in [-0.05, 0) is 36.2 Å². The molecule has 1 saturated heterocycles. The second-order valence-electron chi connectivity index (χ2n) is 15.6. The summed E-state index contributed by atoms with van der Waals surface area (Å²) in [6.07, 6.45) is 15.8. The molecular formula is C42H61N6O10P. The van der Waals surface area contributed by atoms with E-state index in [0.29, 0.717) is 29.0 Å². The third-order valence-electron chi connectivity index (χ3n) is 11.3. The number of rotatable bonds is 29. The lowest BCUT2D eigenvalue weighted by atomic mass is 10.0. The van der Waals surface area contributed by atoms with Crippen LogP contribution in [0.3, 0.4) is 0 Å². The maximum atomic E-state index is 13.3. The van der Waals surface area contributed by atoms with Crippen LogP contribution in [0.15, 0.2) is 36.7 Å². The van der Waals surface area contributed by atoms with Crippen molar-refractivity contribution in [3.63, 3.8) is 0 Å². The molecular weight excluding hydrogens is 779 g/mol. The highest BCUT2D eigenvalue weighted by molar-refractivity contribution is 7.47. The van der Waals surface area contributed by atoms with Gasteiger partial charge in [-0.2, -0.15) is 15.6 Å². The minimum absolute atomic E-state index is 0.0258. The molecule has 7 atom stereocenters. The number of phosphoric acid groups is 1. The number of aliphatic hydroxyl groups excluding tert-OH is 1. The van der Waals surface area contributed by atoms with Crippen molar-refractivity contribution in [3.05, 3.63) is 53.5 Å². The maximum absolute atomic E-state index is 13.3. The molecule has 0 radical (unpaired) electrons. The molecule has 59 heavy (non-hydrogen) atoms. The smallest absolute Gasteiger partial charge is 0.472 e. The van der Waals surface area contributed by atoms with E-state index < -0.39 is 50.0 Å². The number of benzene rings is 1. The molecule has 2 aromatic heterocycles. The van der Waals surface area contributed by atoms with E-state index in [0.717, 1.165) is 19.3 Å². The van der Waals surface area contributed by atoms with Crippen LogP contribution in [0.5, 0.6) is 5.75 Å². The summed E-state index contributed by atoms with van der Waals surface area (Å²) in [4.78, 5) is 14.7. The van der Waals surface area contributed by atoms with Crippen LogP contribution in [0, 0.1) is 22.7 Å². The minimum Gasteiger partial charge on any atom is -0.495 e. The number of nitrogen functional groups attached to an aromatic ring is 1. The number of hydrogen-bond acceptors (Lipinski definition) is 14. The molecule has 1 aromatic carbocycles. The summed E-state index contributed by atoms with van der Waals surface area (Å²) in [6, 6.07) is 12.1. The van der Waals surface area contributed by atoms with Crippen molar-refractivity contribution in [1.82, 2.24) is 14.6 Å². The highest BCUT2D eigenvalue weighted by Gasteiger charge is 2.90. The van der Waals surface area contributed by atoms with Crippen LogP contribution in [0.25, 0.3) is 5.52 Å². The zero-order valence-corrected chi connectivity index (χ0v) is 35.3. The largest absolute Gasteiger partial charge is 0.495 e. The maximum Gasteiger partial charge on any atom is 0.472 e. The third kappa shape index (κ3) is 11.6. The number of aliphatic hydroxyl groups is 2.